The number of methoxy groups -OCH3 is 1. The van der Waals surface area contributed by atoms with Gasteiger partial charge in [-0.05, 0) is 41.7 Å². The summed E-state index contributed by atoms with van der Waals surface area (Å²) in [6, 6.07) is 14.9. The number of hydrogen-bond acceptors (Lipinski definition) is 1. The van der Waals surface area contributed by atoms with Crippen LogP contribution in [-0.4, -0.2) is 7.11 Å². The van der Waals surface area contributed by atoms with Crippen LogP contribution in [0.3, 0.4) is 0 Å². The van der Waals surface area contributed by atoms with Crippen LogP contribution in [-0.2, 0) is 11.2 Å². The number of ether oxygens (including phenoxy) is 1. The fraction of sp³-hybridized carbons (Fsp3) is 0.176. The lowest BCUT2D eigenvalue weighted by Gasteiger charge is -2.08. The van der Waals surface area contributed by atoms with Crippen LogP contribution in [0.5, 0.6) is 0 Å². The Morgan fingerprint density at radius 1 is 0.944 bits per heavy atom. The Morgan fingerprint density at radius 2 is 1.72 bits per heavy atom. The van der Waals surface area contributed by atoms with Crippen molar-refractivity contribution in [1.82, 2.24) is 0 Å². The number of rotatable bonds is 1. The highest BCUT2D eigenvalue weighted by molar-refractivity contribution is 5.82. The Labute approximate surface area is 108 Å². The van der Waals surface area contributed by atoms with E-state index in [1.54, 1.807) is 7.11 Å². The van der Waals surface area contributed by atoms with E-state index in [0.29, 0.717) is 0 Å². The molecule has 0 radical (unpaired) electrons. The lowest BCUT2D eigenvalue weighted by atomic mass is 9.97. The van der Waals surface area contributed by atoms with E-state index in [9.17, 15) is 0 Å². The van der Waals surface area contributed by atoms with E-state index in [4.69, 9.17) is 4.74 Å². The van der Waals surface area contributed by atoms with Gasteiger partial charge in [-0.2, -0.15) is 0 Å². The molecule has 0 bridgehead atoms. The van der Waals surface area contributed by atoms with Crippen molar-refractivity contribution in [2.75, 3.05) is 7.11 Å². The predicted molar refractivity (Wildman–Crippen MR) is 75.3 cm³/mol. The van der Waals surface area contributed by atoms with Crippen LogP contribution in [0.2, 0.25) is 0 Å². The van der Waals surface area contributed by atoms with Gasteiger partial charge in [-0.15, -0.1) is 0 Å². The zero-order valence-corrected chi connectivity index (χ0v) is 10.7. The van der Waals surface area contributed by atoms with Crippen LogP contribution in [0.4, 0.5) is 0 Å². The molecule has 2 aromatic rings. The molecule has 0 atom stereocenters. The standard InChI is InChI=1S/C17H16O/c1-12-6-5-8-14-10-13-7-3-4-9-15(13)17(18-2)11-16(12)14/h3-9,11H,10H2,1-2H3. The minimum Gasteiger partial charge on any atom is -0.496 e. The summed E-state index contributed by atoms with van der Waals surface area (Å²) >= 11 is 0. The second-order valence-electron chi connectivity index (χ2n) is 4.69. The first-order chi connectivity index (χ1) is 8.79. The summed E-state index contributed by atoms with van der Waals surface area (Å²) in [5.41, 5.74) is 6.50. The fourth-order valence-electron chi connectivity index (χ4n) is 2.60. The van der Waals surface area contributed by atoms with Crippen molar-refractivity contribution in [3.05, 3.63) is 70.3 Å². The first-order valence-corrected chi connectivity index (χ1v) is 6.22. The molecule has 0 saturated heterocycles. The molecule has 2 aromatic carbocycles. The molecule has 0 fully saturated rings. The van der Waals surface area contributed by atoms with E-state index >= 15 is 0 Å². The van der Waals surface area contributed by atoms with Gasteiger partial charge in [0.05, 0.1) is 7.11 Å². The summed E-state index contributed by atoms with van der Waals surface area (Å²) in [4.78, 5) is 0. The maximum atomic E-state index is 5.57. The molecular formula is C17H16O. The molecule has 0 spiro atoms. The predicted octanol–water partition coefficient (Wildman–Crippen LogP) is 4.04. The van der Waals surface area contributed by atoms with E-state index in [0.717, 1.165) is 12.2 Å². The smallest absolute Gasteiger partial charge is 0.126 e. The Balaban J connectivity index is 2.28. The third-order valence-electron chi connectivity index (χ3n) is 3.57. The molecule has 18 heavy (non-hydrogen) atoms. The molecule has 0 unspecified atom stereocenters. The Kier molecular flexibility index (Phi) is 2.67. The number of aryl methyl sites for hydroxylation is 1. The highest BCUT2D eigenvalue weighted by atomic mass is 16.5. The van der Waals surface area contributed by atoms with Crippen LogP contribution < -0.4 is 0 Å². The van der Waals surface area contributed by atoms with Crippen LogP contribution in [0, 0.1) is 6.92 Å². The van der Waals surface area contributed by atoms with Crippen molar-refractivity contribution in [3.8, 4) is 0 Å². The first kappa shape index (κ1) is 11.1. The zero-order valence-electron chi connectivity index (χ0n) is 10.7. The number of benzene rings is 2. The van der Waals surface area contributed by atoms with E-state index < -0.39 is 0 Å². The van der Waals surface area contributed by atoms with Gasteiger partial charge in [-0.25, -0.2) is 0 Å². The summed E-state index contributed by atoms with van der Waals surface area (Å²) in [7, 11) is 1.74. The van der Waals surface area contributed by atoms with Crippen molar-refractivity contribution < 1.29 is 4.74 Å². The van der Waals surface area contributed by atoms with Crippen LogP contribution in [0.25, 0.3) is 11.8 Å². The molecule has 1 aliphatic rings. The molecule has 1 nitrogen and oxygen atoms in total. The van der Waals surface area contributed by atoms with E-state index in [2.05, 4.69) is 55.5 Å². The van der Waals surface area contributed by atoms with Crippen LogP contribution in [0.1, 0.15) is 27.8 Å². The minimum atomic E-state index is 0.957. The van der Waals surface area contributed by atoms with Crippen LogP contribution >= 0.6 is 0 Å². The maximum absolute atomic E-state index is 5.57. The largest absolute Gasteiger partial charge is 0.496 e. The fourth-order valence-corrected chi connectivity index (χ4v) is 2.60. The lowest BCUT2D eigenvalue weighted by molar-refractivity contribution is 0.372. The molecule has 3 rings (SSSR count). The normalized spacial score (nSPS) is 13.1. The highest BCUT2D eigenvalue weighted by Gasteiger charge is 2.15. The summed E-state index contributed by atoms with van der Waals surface area (Å²) in [6.45, 7) is 2.15. The van der Waals surface area contributed by atoms with Gasteiger partial charge < -0.3 is 4.74 Å². The minimum absolute atomic E-state index is 0.957. The van der Waals surface area contributed by atoms with Crippen molar-refractivity contribution >= 4 is 11.8 Å². The van der Waals surface area contributed by atoms with Crippen molar-refractivity contribution in [2.24, 2.45) is 0 Å². The van der Waals surface area contributed by atoms with Crippen molar-refractivity contribution in [2.45, 2.75) is 13.3 Å². The first-order valence-electron chi connectivity index (χ1n) is 6.22. The van der Waals surface area contributed by atoms with E-state index in [-0.39, 0.29) is 0 Å². The van der Waals surface area contributed by atoms with Crippen molar-refractivity contribution in [1.29, 1.82) is 0 Å². The summed E-state index contributed by atoms with van der Waals surface area (Å²) in [5, 5.41) is 0. The molecule has 0 amide bonds. The zero-order chi connectivity index (χ0) is 12.5. The number of hydrogen-bond donors (Lipinski definition) is 0. The van der Waals surface area contributed by atoms with Crippen LogP contribution in [0.15, 0.2) is 42.5 Å². The van der Waals surface area contributed by atoms with Gasteiger partial charge in [-0.3, -0.25) is 0 Å². The average molecular weight is 236 g/mol. The summed E-state index contributed by atoms with van der Waals surface area (Å²) < 4.78 is 5.57. The van der Waals surface area contributed by atoms with Gasteiger partial charge in [0.15, 0.2) is 0 Å². The third kappa shape index (κ3) is 1.72. The van der Waals surface area contributed by atoms with E-state index in [1.807, 2.05) is 0 Å². The monoisotopic (exact) mass is 236 g/mol. The van der Waals surface area contributed by atoms with Gasteiger partial charge in [0.2, 0.25) is 0 Å². The van der Waals surface area contributed by atoms with Gasteiger partial charge in [0.25, 0.3) is 0 Å². The summed E-state index contributed by atoms with van der Waals surface area (Å²) in [6.07, 6.45) is 3.13. The maximum Gasteiger partial charge on any atom is 0.126 e. The van der Waals surface area contributed by atoms with Crippen molar-refractivity contribution in [3.63, 3.8) is 0 Å². The average Bonchev–Trinajstić information content (AvgIpc) is 2.55. The molecule has 90 valence electrons. The molecule has 0 aromatic heterocycles. The van der Waals surface area contributed by atoms with Gasteiger partial charge in [0, 0.05) is 5.56 Å². The Morgan fingerprint density at radius 3 is 2.56 bits per heavy atom. The van der Waals surface area contributed by atoms with E-state index in [1.165, 1.54) is 27.8 Å². The lowest BCUT2D eigenvalue weighted by Crippen LogP contribution is -1.94. The molecule has 0 aliphatic heterocycles. The highest BCUT2D eigenvalue weighted by Crippen LogP contribution is 2.31. The van der Waals surface area contributed by atoms with Gasteiger partial charge in [-0.1, -0.05) is 42.5 Å². The molecular weight excluding hydrogens is 220 g/mol. The summed E-state index contributed by atoms with van der Waals surface area (Å²) in [5.74, 6) is 0.957. The molecule has 0 N–H and O–H groups in total. The SMILES string of the molecule is COC1=Cc2c(C)cccc2Cc2ccccc21. The molecule has 1 aliphatic carbocycles. The quantitative estimate of drug-likeness (QED) is 0.726. The third-order valence-corrected chi connectivity index (χ3v) is 3.57. The molecule has 0 saturated carbocycles. The molecule has 1 heteroatoms. The second-order valence-corrected chi connectivity index (χ2v) is 4.69. The second kappa shape index (κ2) is 4.34. The van der Waals surface area contributed by atoms with Gasteiger partial charge >= 0.3 is 0 Å². The van der Waals surface area contributed by atoms with Gasteiger partial charge in [0.1, 0.15) is 5.76 Å². The topological polar surface area (TPSA) is 9.23 Å². The Bertz CT molecular complexity index is 623. The number of fused-ring (bicyclic) bond motifs is 2. The molecule has 0 heterocycles. The Hall–Kier alpha value is -2.02.